The quantitative estimate of drug-likeness (QED) is 0.612. The van der Waals surface area contributed by atoms with Crippen LogP contribution in [0.15, 0.2) is 33.9 Å². The maximum absolute atomic E-state index is 13.4. The van der Waals surface area contributed by atoms with Gasteiger partial charge in [-0.25, -0.2) is 4.79 Å². The molecule has 3 N–H and O–H groups in total. The summed E-state index contributed by atoms with van der Waals surface area (Å²) in [6.07, 6.45) is 0. The summed E-state index contributed by atoms with van der Waals surface area (Å²) < 4.78 is 12.2. The van der Waals surface area contributed by atoms with Crippen LogP contribution in [0.5, 0.6) is 5.75 Å². The van der Waals surface area contributed by atoms with Crippen LogP contribution in [0.1, 0.15) is 19.4 Å². The highest BCUT2D eigenvalue weighted by Crippen LogP contribution is 2.23. The van der Waals surface area contributed by atoms with Gasteiger partial charge in [0, 0.05) is 38.9 Å². The molecule has 10 nitrogen and oxygen atoms in total. The smallest absolute Gasteiger partial charge is 0.330 e. The number of para-hydroxylation sites is 1. The first kappa shape index (κ1) is 23.6. The van der Waals surface area contributed by atoms with Gasteiger partial charge in [0.05, 0.1) is 13.2 Å². The molecular weight excluding hydrogens is 414 g/mol. The Kier molecular flexibility index (Phi) is 7.70. The number of aromatic amines is 1. The molecule has 0 saturated heterocycles. The third-order valence-corrected chi connectivity index (χ3v) is 5.24. The van der Waals surface area contributed by atoms with Gasteiger partial charge in [-0.3, -0.25) is 24.0 Å². The molecule has 2 aromatic rings. The topological polar surface area (TPSA) is 123 Å². The van der Waals surface area contributed by atoms with E-state index < -0.39 is 11.2 Å². The average molecular weight is 446 g/mol. The highest BCUT2D eigenvalue weighted by atomic mass is 16.5. The fourth-order valence-electron chi connectivity index (χ4n) is 3.72. The van der Waals surface area contributed by atoms with Crippen molar-refractivity contribution in [3.63, 3.8) is 0 Å². The number of H-pyrrole nitrogens is 1. The van der Waals surface area contributed by atoms with E-state index in [4.69, 9.17) is 15.2 Å². The Morgan fingerprint density at radius 2 is 2.06 bits per heavy atom. The van der Waals surface area contributed by atoms with E-state index in [1.54, 1.807) is 0 Å². The third kappa shape index (κ3) is 5.38. The molecule has 174 valence electrons. The summed E-state index contributed by atoms with van der Waals surface area (Å²) in [5.41, 5.74) is 5.92. The minimum absolute atomic E-state index is 0.0264. The van der Waals surface area contributed by atoms with Gasteiger partial charge in [-0.15, -0.1) is 0 Å². The van der Waals surface area contributed by atoms with Crippen LogP contribution in [-0.4, -0.2) is 60.3 Å². The molecule has 1 aliphatic heterocycles. The minimum Gasteiger partial charge on any atom is -0.492 e. The summed E-state index contributed by atoms with van der Waals surface area (Å²) >= 11 is 0. The van der Waals surface area contributed by atoms with Crippen LogP contribution in [0.2, 0.25) is 0 Å². The largest absolute Gasteiger partial charge is 0.492 e. The van der Waals surface area contributed by atoms with Crippen molar-refractivity contribution in [2.75, 3.05) is 50.6 Å². The highest BCUT2D eigenvalue weighted by Gasteiger charge is 2.26. The predicted molar refractivity (Wildman–Crippen MR) is 122 cm³/mol. The summed E-state index contributed by atoms with van der Waals surface area (Å²) in [6.45, 7) is 6.13. The number of nitrogen functional groups attached to an aromatic ring is 1. The summed E-state index contributed by atoms with van der Waals surface area (Å²) in [6, 6.07) is 7.71. The van der Waals surface area contributed by atoms with E-state index in [2.05, 4.69) is 4.98 Å². The number of amides is 1. The van der Waals surface area contributed by atoms with Gasteiger partial charge >= 0.3 is 5.69 Å². The molecule has 10 heteroatoms. The van der Waals surface area contributed by atoms with Crippen molar-refractivity contribution in [2.45, 2.75) is 26.9 Å². The number of benzene rings is 1. The lowest BCUT2D eigenvalue weighted by Gasteiger charge is -2.27. The van der Waals surface area contributed by atoms with Crippen molar-refractivity contribution in [3.05, 3.63) is 50.7 Å². The number of aromatic nitrogens is 2. The van der Waals surface area contributed by atoms with E-state index in [-0.39, 0.29) is 43.0 Å². The number of carbonyl (C=O) groups is 1. The molecule has 0 bridgehead atoms. The molecule has 1 aliphatic rings. The molecule has 0 saturated carbocycles. The van der Waals surface area contributed by atoms with Crippen LogP contribution in [0.3, 0.4) is 0 Å². The van der Waals surface area contributed by atoms with Gasteiger partial charge in [0.1, 0.15) is 18.2 Å². The lowest BCUT2D eigenvalue weighted by molar-refractivity contribution is -0.120. The Hall–Kier alpha value is -3.11. The number of nitrogens with zero attached hydrogens (tertiary/aromatic N) is 3. The van der Waals surface area contributed by atoms with Gasteiger partial charge in [-0.2, -0.15) is 0 Å². The maximum Gasteiger partial charge on any atom is 0.330 e. The van der Waals surface area contributed by atoms with Crippen molar-refractivity contribution in [1.29, 1.82) is 0 Å². The van der Waals surface area contributed by atoms with Crippen molar-refractivity contribution < 1.29 is 14.3 Å². The van der Waals surface area contributed by atoms with E-state index in [1.807, 2.05) is 43.0 Å². The van der Waals surface area contributed by atoms with Crippen LogP contribution >= 0.6 is 0 Å². The molecule has 0 atom stereocenters. The number of carbonyl (C=O) groups excluding carboxylic acids is 1. The predicted octanol–water partition coefficient (Wildman–Crippen LogP) is 0.649. The maximum atomic E-state index is 13.4. The molecule has 0 spiro atoms. The van der Waals surface area contributed by atoms with E-state index in [0.717, 1.165) is 11.3 Å². The average Bonchev–Trinajstić information content (AvgIpc) is 2.94. The van der Waals surface area contributed by atoms with Crippen molar-refractivity contribution in [2.24, 2.45) is 5.92 Å². The van der Waals surface area contributed by atoms with E-state index in [1.165, 1.54) is 16.6 Å². The van der Waals surface area contributed by atoms with Gasteiger partial charge in [0.2, 0.25) is 5.91 Å². The number of hydrogen-bond acceptors (Lipinski definition) is 7. The summed E-state index contributed by atoms with van der Waals surface area (Å²) in [7, 11) is 1.51. The van der Waals surface area contributed by atoms with Gasteiger partial charge in [-0.1, -0.05) is 32.0 Å². The zero-order valence-electron chi connectivity index (χ0n) is 18.8. The number of methoxy groups -OCH3 is 1. The van der Waals surface area contributed by atoms with E-state index in [9.17, 15) is 14.4 Å². The monoisotopic (exact) mass is 445 g/mol. The van der Waals surface area contributed by atoms with Gasteiger partial charge in [-0.05, 0) is 12.0 Å². The van der Waals surface area contributed by atoms with Crippen LogP contribution in [-0.2, 0) is 22.6 Å². The standard InChI is InChI=1S/C22H31N5O5/c1-15(2)12-27-20(23)19(21(29)24-22(27)30)26(9-10-31-3)18(28)14-25-8-11-32-17-7-5-4-6-16(17)13-25/h4-7,15H,8-14,23H2,1-3H3,(H,24,29,30). The molecule has 3 rings (SSSR count). The first-order valence-corrected chi connectivity index (χ1v) is 10.7. The molecule has 0 unspecified atom stereocenters. The zero-order valence-corrected chi connectivity index (χ0v) is 18.8. The van der Waals surface area contributed by atoms with Crippen molar-refractivity contribution in [3.8, 4) is 5.75 Å². The number of fused-ring (bicyclic) bond motifs is 1. The normalized spacial score (nSPS) is 14.0. The fraction of sp³-hybridized carbons (Fsp3) is 0.500. The lowest BCUT2D eigenvalue weighted by atomic mass is 10.2. The number of hydrogen-bond donors (Lipinski definition) is 2. The van der Waals surface area contributed by atoms with Crippen LogP contribution in [0, 0.1) is 5.92 Å². The Balaban J connectivity index is 1.91. The van der Waals surface area contributed by atoms with Gasteiger partial charge < -0.3 is 20.1 Å². The summed E-state index contributed by atoms with van der Waals surface area (Å²) in [4.78, 5) is 43.9. The van der Waals surface area contributed by atoms with Crippen molar-refractivity contribution in [1.82, 2.24) is 14.5 Å². The second-order valence-corrected chi connectivity index (χ2v) is 8.20. The fourth-order valence-corrected chi connectivity index (χ4v) is 3.72. The zero-order chi connectivity index (χ0) is 23.3. The molecule has 1 aromatic carbocycles. The number of nitrogens with two attached hydrogens (primary N) is 1. The molecule has 0 radical (unpaired) electrons. The minimum atomic E-state index is -0.693. The number of nitrogens with one attached hydrogen (secondary N) is 1. The Morgan fingerprint density at radius 1 is 1.31 bits per heavy atom. The van der Waals surface area contributed by atoms with Gasteiger partial charge in [0.25, 0.3) is 5.56 Å². The first-order chi connectivity index (χ1) is 15.3. The number of anilines is 2. The number of ether oxygens (including phenoxy) is 2. The third-order valence-electron chi connectivity index (χ3n) is 5.24. The highest BCUT2D eigenvalue weighted by molar-refractivity contribution is 5.96. The molecule has 1 amide bonds. The molecule has 0 fully saturated rings. The molecule has 1 aromatic heterocycles. The second kappa shape index (κ2) is 10.5. The molecule has 32 heavy (non-hydrogen) atoms. The summed E-state index contributed by atoms with van der Waals surface area (Å²) in [5.74, 6) is 0.587. The van der Waals surface area contributed by atoms with E-state index >= 15 is 0 Å². The van der Waals surface area contributed by atoms with Crippen LogP contribution in [0.4, 0.5) is 11.5 Å². The van der Waals surface area contributed by atoms with Crippen LogP contribution in [0.25, 0.3) is 0 Å². The van der Waals surface area contributed by atoms with Crippen molar-refractivity contribution >= 4 is 17.4 Å². The first-order valence-electron chi connectivity index (χ1n) is 10.7. The Bertz CT molecular complexity index is 1060. The lowest BCUT2D eigenvalue weighted by Crippen LogP contribution is -2.46. The summed E-state index contributed by atoms with van der Waals surface area (Å²) in [5, 5.41) is 0. The Morgan fingerprint density at radius 3 is 2.78 bits per heavy atom. The molecule has 2 heterocycles. The molecule has 0 aliphatic carbocycles. The SMILES string of the molecule is COCCN(C(=O)CN1CCOc2ccccc2C1)c1c(N)n(CC(C)C)c(=O)[nH]c1=O. The Labute approximate surface area is 186 Å². The number of rotatable bonds is 8. The van der Waals surface area contributed by atoms with Gasteiger partial charge in [0.15, 0.2) is 5.69 Å². The van der Waals surface area contributed by atoms with Crippen LogP contribution < -0.4 is 26.6 Å². The van der Waals surface area contributed by atoms with E-state index in [0.29, 0.717) is 26.2 Å². The second-order valence-electron chi connectivity index (χ2n) is 8.20. The molecular formula is C22H31N5O5.